The summed E-state index contributed by atoms with van der Waals surface area (Å²) in [6.07, 6.45) is 3.26. The highest BCUT2D eigenvalue weighted by Gasteiger charge is 2.28. The van der Waals surface area contributed by atoms with E-state index in [1.165, 1.54) is 6.42 Å². The van der Waals surface area contributed by atoms with E-state index in [-0.39, 0.29) is 11.7 Å². The van der Waals surface area contributed by atoms with E-state index in [0.29, 0.717) is 5.92 Å². The molecule has 2 atom stereocenters. The molecular formula is C14H18O2. The third-order valence-electron chi connectivity index (χ3n) is 3.42. The van der Waals surface area contributed by atoms with E-state index in [0.717, 1.165) is 24.2 Å². The average molecular weight is 218 g/mol. The first-order chi connectivity index (χ1) is 7.70. The Balaban J connectivity index is 2.14. The Morgan fingerprint density at radius 2 is 2.19 bits per heavy atom. The van der Waals surface area contributed by atoms with E-state index in [9.17, 15) is 4.79 Å². The van der Waals surface area contributed by atoms with E-state index in [1.54, 1.807) is 7.11 Å². The van der Waals surface area contributed by atoms with Crippen LogP contribution in [0, 0.1) is 11.8 Å². The normalized spacial score (nSPS) is 24.4. The van der Waals surface area contributed by atoms with Crippen molar-refractivity contribution in [1.29, 1.82) is 0 Å². The zero-order chi connectivity index (χ0) is 11.5. The molecular weight excluding hydrogens is 200 g/mol. The van der Waals surface area contributed by atoms with Crippen LogP contribution in [-0.4, -0.2) is 12.9 Å². The van der Waals surface area contributed by atoms with Crippen molar-refractivity contribution >= 4 is 5.78 Å². The van der Waals surface area contributed by atoms with Crippen molar-refractivity contribution < 1.29 is 9.53 Å². The molecule has 1 aliphatic rings. The minimum absolute atomic E-state index is 0.224. The molecule has 0 aromatic heterocycles. The lowest BCUT2D eigenvalue weighted by atomic mass is 9.95. The lowest BCUT2D eigenvalue weighted by Crippen LogP contribution is -2.11. The van der Waals surface area contributed by atoms with E-state index >= 15 is 0 Å². The summed E-state index contributed by atoms with van der Waals surface area (Å²) in [6, 6.07) is 7.47. The molecule has 1 unspecified atom stereocenters. The van der Waals surface area contributed by atoms with E-state index < -0.39 is 0 Å². The summed E-state index contributed by atoms with van der Waals surface area (Å²) < 4.78 is 5.14. The monoisotopic (exact) mass is 218 g/mol. The third-order valence-corrected chi connectivity index (χ3v) is 3.42. The molecule has 16 heavy (non-hydrogen) atoms. The first-order valence-electron chi connectivity index (χ1n) is 5.89. The molecule has 1 fully saturated rings. The first-order valence-corrected chi connectivity index (χ1v) is 5.89. The van der Waals surface area contributed by atoms with Gasteiger partial charge in [-0.15, -0.1) is 0 Å². The maximum absolute atomic E-state index is 12.2. The highest BCUT2D eigenvalue weighted by molar-refractivity contribution is 5.98. The van der Waals surface area contributed by atoms with Gasteiger partial charge in [0.2, 0.25) is 0 Å². The molecule has 1 aromatic rings. The van der Waals surface area contributed by atoms with Crippen LogP contribution in [0.1, 0.15) is 36.5 Å². The Kier molecular flexibility index (Phi) is 3.28. The fourth-order valence-corrected chi connectivity index (χ4v) is 2.46. The Morgan fingerprint density at radius 1 is 1.38 bits per heavy atom. The lowest BCUT2D eigenvalue weighted by Gasteiger charge is -2.09. The second-order valence-electron chi connectivity index (χ2n) is 4.71. The topological polar surface area (TPSA) is 26.3 Å². The number of rotatable bonds is 3. The standard InChI is InChI=1S/C14H18O2/c1-10-6-7-12(8-10)14(15)11-4-3-5-13(9-11)16-2/h3-5,9-10,12H,6-8H2,1-2H3/t10-,12?/m1/s1. The van der Waals surface area contributed by atoms with Gasteiger partial charge in [-0.05, 0) is 37.3 Å². The fourth-order valence-electron chi connectivity index (χ4n) is 2.46. The van der Waals surface area contributed by atoms with Crippen LogP contribution >= 0.6 is 0 Å². The number of carbonyl (C=O) groups is 1. The summed E-state index contributed by atoms with van der Waals surface area (Å²) in [7, 11) is 1.63. The van der Waals surface area contributed by atoms with Crippen molar-refractivity contribution in [3.05, 3.63) is 29.8 Å². The number of benzene rings is 1. The van der Waals surface area contributed by atoms with Gasteiger partial charge in [0, 0.05) is 11.5 Å². The molecule has 0 saturated heterocycles. The molecule has 86 valence electrons. The number of hydrogen-bond donors (Lipinski definition) is 0. The second kappa shape index (κ2) is 4.69. The zero-order valence-corrected chi connectivity index (χ0v) is 9.90. The maximum Gasteiger partial charge on any atom is 0.166 e. The molecule has 0 amide bonds. The van der Waals surface area contributed by atoms with Crippen LogP contribution in [-0.2, 0) is 0 Å². The number of ketones is 1. The molecule has 0 heterocycles. The van der Waals surface area contributed by atoms with Crippen molar-refractivity contribution in [2.45, 2.75) is 26.2 Å². The molecule has 0 radical (unpaired) electrons. The van der Waals surface area contributed by atoms with Gasteiger partial charge < -0.3 is 4.74 Å². The van der Waals surface area contributed by atoms with Crippen LogP contribution in [0.5, 0.6) is 5.75 Å². The Bertz CT molecular complexity index is 384. The van der Waals surface area contributed by atoms with Crippen LogP contribution in [0.3, 0.4) is 0 Å². The van der Waals surface area contributed by atoms with Gasteiger partial charge in [0.25, 0.3) is 0 Å². The van der Waals surface area contributed by atoms with Gasteiger partial charge in [-0.3, -0.25) is 4.79 Å². The van der Waals surface area contributed by atoms with Crippen molar-refractivity contribution in [2.24, 2.45) is 11.8 Å². The number of carbonyl (C=O) groups excluding carboxylic acids is 1. The van der Waals surface area contributed by atoms with Gasteiger partial charge in [-0.2, -0.15) is 0 Å². The highest BCUT2D eigenvalue weighted by atomic mass is 16.5. The van der Waals surface area contributed by atoms with Crippen molar-refractivity contribution in [1.82, 2.24) is 0 Å². The molecule has 1 saturated carbocycles. The molecule has 2 heteroatoms. The predicted octanol–water partition coefficient (Wildman–Crippen LogP) is 3.31. The van der Waals surface area contributed by atoms with Gasteiger partial charge in [0.05, 0.1) is 7.11 Å². The van der Waals surface area contributed by atoms with Crippen LogP contribution in [0.25, 0.3) is 0 Å². The van der Waals surface area contributed by atoms with Crippen LogP contribution < -0.4 is 4.74 Å². The fraction of sp³-hybridized carbons (Fsp3) is 0.500. The summed E-state index contributed by atoms with van der Waals surface area (Å²) in [5, 5.41) is 0. The minimum atomic E-state index is 0.224. The van der Waals surface area contributed by atoms with E-state index in [4.69, 9.17) is 4.74 Å². The molecule has 0 spiro atoms. The van der Waals surface area contributed by atoms with Crippen LogP contribution in [0.15, 0.2) is 24.3 Å². The number of methoxy groups -OCH3 is 1. The van der Waals surface area contributed by atoms with Crippen molar-refractivity contribution in [2.75, 3.05) is 7.11 Å². The van der Waals surface area contributed by atoms with Crippen LogP contribution in [0.4, 0.5) is 0 Å². The highest BCUT2D eigenvalue weighted by Crippen LogP contribution is 2.33. The largest absolute Gasteiger partial charge is 0.497 e. The first kappa shape index (κ1) is 11.2. The SMILES string of the molecule is COc1cccc(C(=O)C2CC[C@@H](C)C2)c1. The molecule has 2 rings (SSSR count). The van der Waals surface area contributed by atoms with Gasteiger partial charge in [0.1, 0.15) is 5.75 Å². The molecule has 1 aliphatic carbocycles. The average Bonchev–Trinajstić information content (AvgIpc) is 2.75. The summed E-state index contributed by atoms with van der Waals surface area (Å²) in [5.41, 5.74) is 0.790. The molecule has 1 aromatic carbocycles. The summed E-state index contributed by atoms with van der Waals surface area (Å²) in [5.74, 6) is 1.96. The Labute approximate surface area is 96.6 Å². The Morgan fingerprint density at radius 3 is 2.81 bits per heavy atom. The molecule has 0 bridgehead atoms. The van der Waals surface area contributed by atoms with Gasteiger partial charge >= 0.3 is 0 Å². The van der Waals surface area contributed by atoms with Gasteiger partial charge in [0.15, 0.2) is 5.78 Å². The molecule has 0 N–H and O–H groups in total. The van der Waals surface area contributed by atoms with Gasteiger partial charge in [-0.25, -0.2) is 0 Å². The van der Waals surface area contributed by atoms with Crippen LogP contribution in [0.2, 0.25) is 0 Å². The van der Waals surface area contributed by atoms with E-state index in [2.05, 4.69) is 6.92 Å². The molecule has 2 nitrogen and oxygen atoms in total. The maximum atomic E-state index is 12.2. The number of ether oxygens (including phenoxy) is 1. The third kappa shape index (κ3) is 2.26. The predicted molar refractivity (Wildman–Crippen MR) is 63.8 cm³/mol. The number of hydrogen-bond acceptors (Lipinski definition) is 2. The second-order valence-corrected chi connectivity index (χ2v) is 4.71. The summed E-state index contributed by atoms with van der Waals surface area (Å²) >= 11 is 0. The lowest BCUT2D eigenvalue weighted by molar-refractivity contribution is 0.0920. The van der Waals surface area contributed by atoms with Crippen molar-refractivity contribution in [3.8, 4) is 5.75 Å². The van der Waals surface area contributed by atoms with E-state index in [1.807, 2.05) is 24.3 Å². The summed E-state index contributed by atoms with van der Waals surface area (Å²) in [4.78, 5) is 12.2. The number of Topliss-reactive ketones (excluding diaryl/α,β-unsaturated/α-hetero) is 1. The minimum Gasteiger partial charge on any atom is -0.497 e. The Hall–Kier alpha value is -1.31. The molecule has 0 aliphatic heterocycles. The smallest absolute Gasteiger partial charge is 0.166 e. The summed E-state index contributed by atoms with van der Waals surface area (Å²) in [6.45, 7) is 2.22. The van der Waals surface area contributed by atoms with Crippen molar-refractivity contribution in [3.63, 3.8) is 0 Å². The zero-order valence-electron chi connectivity index (χ0n) is 9.90. The van der Waals surface area contributed by atoms with Gasteiger partial charge in [-0.1, -0.05) is 19.1 Å². The quantitative estimate of drug-likeness (QED) is 0.727.